The summed E-state index contributed by atoms with van der Waals surface area (Å²) in [6.45, 7) is 4.84. The Morgan fingerprint density at radius 3 is 2.96 bits per heavy atom. The number of hydrogen-bond acceptors (Lipinski definition) is 6. The Labute approximate surface area is 152 Å². The highest BCUT2D eigenvalue weighted by molar-refractivity contribution is 5.82. The summed E-state index contributed by atoms with van der Waals surface area (Å²) in [6.07, 6.45) is 8.66. The standard InChI is InChI=1S/C19H25N5O2/c1-2-14-22-16-17(20-12-21-18(16)26-14)23-9-3-7-19(10-23)8-6-15(25)24(11-19)13-4-5-13/h12-13H,2-11H2,1H3. The molecule has 2 aliphatic heterocycles. The third-order valence-electron chi connectivity index (χ3n) is 6.17. The molecule has 0 radical (unpaired) electrons. The number of likely N-dealkylation sites (tertiary alicyclic amines) is 1. The minimum atomic E-state index is 0.184. The maximum Gasteiger partial charge on any atom is 0.252 e. The van der Waals surface area contributed by atoms with Gasteiger partial charge in [-0.05, 0) is 32.1 Å². The van der Waals surface area contributed by atoms with Crippen molar-refractivity contribution in [3.05, 3.63) is 12.2 Å². The summed E-state index contributed by atoms with van der Waals surface area (Å²) in [5.74, 6) is 1.94. The lowest BCUT2D eigenvalue weighted by Gasteiger charge is -2.48. The summed E-state index contributed by atoms with van der Waals surface area (Å²) in [7, 11) is 0. The maximum absolute atomic E-state index is 12.3. The molecular formula is C19H25N5O2. The summed E-state index contributed by atoms with van der Waals surface area (Å²) >= 11 is 0. The molecule has 0 N–H and O–H groups in total. The normalized spacial score (nSPS) is 26.9. The van der Waals surface area contributed by atoms with Gasteiger partial charge in [0.15, 0.2) is 17.2 Å². The first kappa shape index (κ1) is 16.0. The lowest BCUT2D eigenvalue weighted by Crippen LogP contribution is -2.54. The van der Waals surface area contributed by atoms with E-state index < -0.39 is 0 Å². The predicted molar refractivity (Wildman–Crippen MR) is 96.8 cm³/mol. The molecule has 0 aromatic carbocycles. The van der Waals surface area contributed by atoms with Gasteiger partial charge in [0.1, 0.15) is 6.33 Å². The van der Waals surface area contributed by atoms with Crippen LogP contribution in [0.2, 0.25) is 0 Å². The maximum atomic E-state index is 12.3. The molecule has 4 heterocycles. The van der Waals surface area contributed by atoms with Gasteiger partial charge in [-0.1, -0.05) is 6.92 Å². The minimum Gasteiger partial charge on any atom is -0.422 e. The highest BCUT2D eigenvalue weighted by Crippen LogP contribution is 2.43. The molecule has 2 aromatic rings. The van der Waals surface area contributed by atoms with E-state index in [2.05, 4.69) is 24.8 Å². The second-order valence-corrected chi connectivity index (χ2v) is 8.09. The van der Waals surface area contributed by atoms with Gasteiger partial charge in [-0.2, -0.15) is 4.98 Å². The number of carbonyl (C=O) groups is 1. The van der Waals surface area contributed by atoms with Gasteiger partial charge in [0.05, 0.1) is 0 Å². The summed E-state index contributed by atoms with van der Waals surface area (Å²) < 4.78 is 5.71. The first-order valence-corrected chi connectivity index (χ1v) is 9.82. The van der Waals surface area contributed by atoms with Crippen LogP contribution in [-0.2, 0) is 11.2 Å². The van der Waals surface area contributed by atoms with Gasteiger partial charge in [0.2, 0.25) is 5.91 Å². The van der Waals surface area contributed by atoms with Crippen LogP contribution in [0, 0.1) is 5.41 Å². The van der Waals surface area contributed by atoms with E-state index in [1.54, 1.807) is 6.33 Å². The lowest BCUT2D eigenvalue weighted by atomic mass is 9.73. The molecule has 5 rings (SSSR count). The van der Waals surface area contributed by atoms with Crippen molar-refractivity contribution in [3.8, 4) is 0 Å². The average Bonchev–Trinajstić information content (AvgIpc) is 3.41. The van der Waals surface area contributed by atoms with Gasteiger partial charge in [0, 0.05) is 43.9 Å². The molecule has 2 saturated heterocycles. The third kappa shape index (κ3) is 2.64. The number of aromatic nitrogens is 3. The SMILES string of the molecule is CCc1nc2c(N3CCCC4(CCC(=O)N(C5CC5)C4)C3)ncnc2o1. The Kier molecular flexibility index (Phi) is 3.65. The molecule has 3 fully saturated rings. The van der Waals surface area contributed by atoms with Gasteiger partial charge in [-0.25, -0.2) is 9.97 Å². The largest absolute Gasteiger partial charge is 0.422 e. The Balaban J connectivity index is 1.44. The van der Waals surface area contributed by atoms with Crippen LogP contribution in [0.15, 0.2) is 10.7 Å². The van der Waals surface area contributed by atoms with Gasteiger partial charge < -0.3 is 14.2 Å². The van der Waals surface area contributed by atoms with Crippen molar-refractivity contribution in [2.24, 2.45) is 5.41 Å². The minimum absolute atomic E-state index is 0.184. The molecule has 1 amide bonds. The zero-order chi connectivity index (χ0) is 17.7. The second kappa shape index (κ2) is 5.93. The Bertz CT molecular complexity index is 846. The van der Waals surface area contributed by atoms with Crippen molar-refractivity contribution < 1.29 is 9.21 Å². The summed E-state index contributed by atoms with van der Waals surface area (Å²) in [6, 6.07) is 0.503. The van der Waals surface area contributed by atoms with Crippen molar-refractivity contribution >= 4 is 23.0 Å². The molecule has 1 spiro atoms. The molecule has 7 nitrogen and oxygen atoms in total. The molecule has 138 valence electrons. The number of rotatable bonds is 3. The molecule has 1 aliphatic carbocycles. The number of aryl methyl sites for hydroxylation is 1. The number of oxazole rings is 1. The van der Waals surface area contributed by atoms with E-state index in [-0.39, 0.29) is 5.41 Å². The van der Waals surface area contributed by atoms with E-state index >= 15 is 0 Å². The van der Waals surface area contributed by atoms with E-state index in [9.17, 15) is 4.79 Å². The van der Waals surface area contributed by atoms with Crippen molar-refractivity contribution in [2.45, 2.75) is 57.9 Å². The monoisotopic (exact) mass is 355 g/mol. The number of carbonyl (C=O) groups excluding carboxylic acids is 1. The lowest BCUT2D eigenvalue weighted by molar-refractivity contribution is -0.138. The first-order valence-electron chi connectivity index (χ1n) is 9.82. The molecule has 1 atom stereocenters. The van der Waals surface area contributed by atoms with Gasteiger partial charge in [0.25, 0.3) is 5.71 Å². The molecule has 1 saturated carbocycles. The number of amides is 1. The average molecular weight is 355 g/mol. The highest BCUT2D eigenvalue weighted by atomic mass is 16.4. The van der Waals surface area contributed by atoms with Gasteiger partial charge in [-0.15, -0.1) is 0 Å². The van der Waals surface area contributed by atoms with Crippen LogP contribution in [0.4, 0.5) is 5.82 Å². The zero-order valence-corrected chi connectivity index (χ0v) is 15.3. The number of anilines is 1. The zero-order valence-electron chi connectivity index (χ0n) is 15.3. The highest BCUT2D eigenvalue weighted by Gasteiger charge is 2.46. The number of hydrogen-bond donors (Lipinski definition) is 0. The molecule has 3 aliphatic rings. The van der Waals surface area contributed by atoms with Crippen molar-refractivity contribution in [1.29, 1.82) is 0 Å². The van der Waals surface area contributed by atoms with Crippen LogP contribution in [0.1, 0.15) is 51.3 Å². The van der Waals surface area contributed by atoms with Gasteiger partial charge >= 0.3 is 0 Å². The Morgan fingerprint density at radius 2 is 2.15 bits per heavy atom. The Hall–Kier alpha value is -2.18. The van der Waals surface area contributed by atoms with E-state index in [1.165, 1.54) is 19.3 Å². The van der Waals surface area contributed by atoms with Crippen molar-refractivity contribution in [3.63, 3.8) is 0 Å². The topological polar surface area (TPSA) is 75.4 Å². The fourth-order valence-corrected chi connectivity index (χ4v) is 4.65. The van der Waals surface area contributed by atoms with Crippen LogP contribution in [0.5, 0.6) is 0 Å². The number of nitrogens with zero attached hydrogens (tertiary/aromatic N) is 5. The van der Waals surface area contributed by atoms with Crippen LogP contribution < -0.4 is 4.90 Å². The molecule has 0 bridgehead atoms. The van der Waals surface area contributed by atoms with Crippen LogP contribution in [-0.4, -0.2) is 51.4 Å². The molecule has 7 heteroatoms. The fraction of sp³-hybridized carbons (Fsp3) is 0.684. The number of piperidine rings is 2. The quantitative estimate of drug-likeness (QED) is 0.842. The summed E-state index contributed by atoms with van der Waals surface area (Å²) in [5, 5.41) is 0. The van der Waals surface area contributed by atoms with Crippen molar-refractivity contribution in [1.82, 2.24) is 19.9 Å². The van der Waals surface area contributed by atoms with E-state index in [0.717, 1.165) is 50.2 Å². The fourth-order valence-electron chi connectivity index (χ4n) is 4.65. The summed E-state index contributed by atoms with van der Waals surface area (Å²) in [5.41, 5.74) is 1.53. The van der Waals surface area contributed by atoms with E-state index in [0.29, 0.717) is 30.0 Å². The van der Waals surface area contributed by atoms with Gasteiger partial charge in [-0.3, -0.25) is 4.79 Å². The summed E-state index contributed by atoms with van der Waals surface area (Å²) in [4.78, 5) is 30.2. The predicted octanol–water partition coefficient (Wildman–Crippen LogP) is 2.55. The molecular weight excluding hydrogens is 330 g/mol. The van der Waals surface area contributed by atoms with Crippen LogP contribution in [0.3, 0.4) is 0 Å². The molecule has 26 heavy (non-hydrogen) atoms. The number of fused-ring (bicyclic) bond motifs is 1. The first-order chi connectivity index (χ1) is 12.7. The van der Waals surface area contributed by atoms with Crippen molar-refractivity contribution in [2.75, 3.05) is 24.5 Å². The van der Waals surface area contributed by atoms with E-state index in [4.69, 9.17) is 4.42 Å². The third-order valence-corrected chi connectivity index (χ3v) is 6.17. The van der Waals surface area contributed by atoms with E-state index in [1.807, 2.05) is 6.92 Å². The smallest absolute Gasteiger partial charge is 0.252 e. The van der Waals surface area contributed by atoms with Crippen LogP contribution >= 0.6 is 0 Å². The Morgan fingerprint density at radius 1 is 1.27 bits per heavy atom. The van der Waals surface area contributed by atoms with Crippen LogP contribution in [0.25, 0.3) is 11.2 Å². The molecule has 2 aromatic heterocycles. The molecule has 1 unspecified atom stereocenters. The second-order valence-electron chi connectivity index (χ2n) is 8.09.